The molecule has 1 fully saturated rings. The molecule has 4 heteroatoms. The van der Waals surface area contributed by atoms with Crippen LogP contribution in [0, 0.1) is 5.92 Å². The second kappa shape index (κ2) is 5.08. The summed E-state index contributed by atoms with van der Waals surface area (Å²) in [5.41, 5.74) is 6.32. The molecule has 1 amide bonds. The van der Waals surface area contributed by atoms with Gasteiger partial charge < -0.3 is 15.8 Å². The lowest BCUT2D eigenvalue weighted by Crippen LogP contribution is -2.27. The summed E-state index contributed by atoms with van der Waals surface area (Å²) in [6.45, 7) is 2.49. The van der Waals surface area contributed by atoms with E-state index in [2.05, 4.69) is 12.2 Å². The van der Waals surface area contributed by atoms with Crippen LogP contribution in [-0.4, -0.2) is 18.6 Å². The van der Waals surface area contributed by atoms with Crippen molar-refractivity contribution in [3.63, 3.8) is 0 Å². The average molecular weight is 234 g/mol. The molecule has 1 saturated carbocycles. The molecule has 1 aromatic carbocycles. The topological polar surface area (TPSA) is 64.3 Å². The van der Waals surface area contributed by atoms with Gasteiger partial charge in [0.05, 0.1) is 18.7 Å². The van der Waals surface area contributed by atoms with Crippen LogP contribution in [0.25, 0.3) is 0 Å². The quantitative estimate of drug-likeness (QED) is 0.760. The van der Waals surface area contributed by atoms with Gasteiger partial charge in [-0.05, 0) is 24.5 Å². The van der Waals surface area contributed by atoms with Crippen molar-refractivity contribution in [3.8, 4) is 5.75 Å². The number of hydrogen-bond donors (Lipinski definition) is 2. The van der Waals surface area contributed by atoms with Gasteiger partial charge in [-0.3, -0.25) is 4.79 Å². The van der Waals surface area contributed by atoms with Gasteiger partial charge in [0.25, 0.3) is 0 Å². The lowest BCUT2D eigenvalue weighted by molar-refractivity contribution is -0.121. The normalized spacial score (nSPS) is 21.9. The van der Waals surface area contributed by atoms with Crippen molar-refractivity contribution in [2.24, 2.45) is 5.92 Å². The molecule has 3 N–H and O–H groups in total. The second-order valence-electron chi connectivity index (χ2n) is 4.52. The number of nitrogens with two attached hydrogens (primary N) is 1. The zero-order valence-electron chi connectivity index (χ0n) is 9.98. The number of rotatable bonds is 5. The highest BCUT2D eigenvalue weighted by Gasteiger charge is 2.33. The van der Waals surface area contributed by atoms with Gasteiger partial charge in [-0.1, -0.05) is 19.1 Å². The smallest absolute Gasteiger partial charge is 0.223 e. The van der Waals surface area contributed by atoms with Crippen molar-refractivity contribution < 1.29 is 9.53 Å². The first-order chi connectivity index (χ1) is 8.16. The predicted molar refractivity (Wildman–Crippen MR) is 66.7 cm³/mol. The largest absolute Gasteiger partial charge is 0.491 e. The highest BCUT2D eigenvalue weighted by molar-refractivity contribution is 5.76. The molecule has 17 heavy (non-hydrogen) atoms. The Hall–Kier alpha value is -1.71. The number of nitrogen functional groups attached to an aromatic ring is 1. The van der Waals surface area contributed by atoms with E-state index in [0.717, 1.165) is 6.42 Å². The van der Waals surface area contributed by atoms with E-state index >= 15 is 0 Å². The fourth-order valence-corrected chi connectivity index (χ4v) is 1.67. The molecule has 2 rings (SSSR count). The highest BCUT2D eigenvalue weighted by Crippen LogP contribution is 2.28. The second-order valence-corrected chi connectivity index (χ2v) is 4.52. The zero-order chi connectivity index (χ0) is 12.3. The molecular weight excluding hydrogens is 216 g/mol. The number of hydrogen-bond acceptors (Lipinski definition) is 3. The van der Waals surface area contributed by atoms with Crippen molar-refractivity contribution in [1.82, 2.24) is 5.32 Å². The summed E-state index contributed by atoms with van der Waals surface area (Å²) in [7, 11) is 0. The van der Waals surface area contributed by atoms with Crippen LogP contribution in [0.1, 0.15) is 19.8 Å². The highest BCUT2D eigenvalue weighted by atomic mass is 16.5. The number of para-hydroxylation sites is 2. The van der Waals surface area contributed by atoms with E-state index in [0.29, 0.717) is 36.4 Å². The summed E-state index contributed by atoms with van der Waals surface area (Å²) in [6, 6.07) is 7.67. The van der Waals surface area contributed by atoms with Crippen LogP contribution in [-0.2, 0) is 4.79 Å². The van der Waals surface area contributed by atoms with Gasteiger partial charge in [0, 0.05) is 6.04 Å². The number of nitrogens with one attached hydrogen (secondary N) is 1. The Kier molecular flexibility index (Phi) is 3.52. The van der Waals surface area contributed by atoms with E-state index in [1.165, 1.54) is 0 Å². The van der Waals surface area contributed by atoms with Gasteiger partial charge >= 0.3 is 0 Å². The molecule has 0 aromatic heterocycles. The molecule has 1 aliphatic rings. The molecule has 0 radical (unpaired) electrons. The summed E-state index contributed by atoms with van der Waals surface area (Å²) >= 11 is 0. The van der Waals surface area contributed by atoms with Crippen LogP contribution in [0.2, 0.25) is 0 Å². The number of ether oxygens (including phenoxy) is 1. The van der Waals surface area contributed by atoms with E-state index in [9.17, 15) is 4.79 Å². The van der Waals surface area contributed by atoms with Crippen LogP contribution in [0.4, 0.5) is 5.69 Å². The van der Waals surface area contributed by atoms with Gasteiger partial charge in [0.15, 0.2) is 0 Å². The number of carbonyl (C=O) groups excluding carboxylic acids is 1. The Morgan fingerprint density at radius 3 is 2.88 bits per heavy atom. The third-order valence-corrected chi connectivity index (χ3v) is 2.96. The van der Waals surface area contributed by atoms with Gasteiger partial charge in [-0.25, -0.2) is 0 Å². The van der Waals surface area contributed by atoms with Crippen LogP contribution < -0.4 is 15.8 Å². The summed E-state index contributed by atoms with van der Waals surface area (Å²) < 4.78 is 5.45. The Labute approximate surface area is 101 Å². The average Bonchev–Trinajstić information content (AvgIpc) is 2.97. The first-order valence-electron chi connectivity index (χ1n) is 5.93. The fraction of sp³-hybridized carbons (Fsp3) is 0.462. The van der Waals surface area contributed by atoms with E-state index in [-0.39, 0.29) is 5.91 Å². The molecule has 4 nitrogen and oxygen atoms in total. The molecule has 2 atom stereocenters. The Bertz CT molecular complexity index is 406. The van der Waals surface area contributed by atoms with Crippen molar-refractivity contribution in [2.75, 3.05) is 12.3 Å². The van der Waals surface area contributed by atoms with E-state index in [4.69, 9.17) is 10.5 Å². The van der Waals surface area contributed by atoms with Crippen molar-refractivity contribution in [2.45, 2.75) is 25.8 Å². The van der Waals surface area contributed by atoms with Crippen LogP contribution in [0.15, 0.2) is 24.3 Å². The Balaban J connectivity index is 1.69. The molecule has 0 aliphatic heterocycles. The maximum Gasteiger partial charge on any atom is 0.223 e. The van der Waals surface area contributed by atoms with Crippen LogP contribution >= 0.6 is 0 Å². The minimum absolute atomic E-state index is 0.0499. The zero-order valence-corrected chi connectivity index (χ0v) is 9.98. The molecule has 0 spiro atoms. The van der Waals surface area contributed by atoms with E-state index < -0.39 is 0 Å². The summed E-state index contributed by atoms with van der Waals surface area (Å²) in [5.74, 6) is 1.32. The molecule has 0 bridgehead atoms. The van der Waals surface area contributed by atoms with Gasteiger partial charge in [-0.15, -0.1) is 0 Å². The minimum Gasteiger partial charge on any atom is -0.491 e. The number of carbonyl (C=O) groups is 1. The monoisotopic (exact) mass is 234 g/mol. The third kappa shape index (κ3) is 3.37. The standard InChI is InChI=1S/C13H18N2O2/c1-9-8-11(9)15-13(16)6-7-17-12-5-3-2-4-10(12)14/h2-5,9,11H,6-8,14H2,1H3,(H,15,16). The molecular formula is C13H18N2O2. The molecule has 1 aromatic rings. The number of anilines is 1. The maximum absolute atomic E-state index is 11.5. The summed E-state index contributed by atoms with van der Waals surface area (Å²) in [5, 5.41) is 2.95. The van der Waals surface area contributed by atoms with Crippen molar-refractivity contribution in [1.29, 1.82) is 0 Å². The predicted octanol–water partition coefficient (Wildman–Crippen LogP) is 1.56. The Morgan fingerprint density at radius 1 is 1.53 bits per heavy atom. The van der Waals surface area contributed by atoms with Crippen molar-refractivity contribution >= 4 is 11.6 Å². The molecule has 1 aliphatic carbocycles. The summed E-state index contributed by atoms with van der Waals surface area (Å²) in [4.78, 5) is 11.5. The lowest BCUT2D eigenvalue weighted by Gasteiger charge is -2.08. The van der Waals surface area contributed by atoms with Crippen LogP contribution in [0.3, 0.4) is 0 Å². The number of amides is 1. The molecule has 2 unspecified atom stereocenters. The Morgan fingerprint density at radius 2 is 2.24 bits per heavy atom. The van der Waals surface area contributed by atoms with E-state index in [1.54, 1.807) is 12.1 Å². The first-order valence-corrected chi connectivity index (χ1v) is 5.93. The lowest BCUT2D eigenvalue weighted by atomic mass is 10.3. The number of benzene rings is 1. The van der Waals surface area contributed by atoms with Crippen molar-refractivity contribution in [3.05, 3.63) is 24.3 Å². The SMILES string of the molecule is CC1CC1NC(=O)CCOc1ccccc1N. The molecule has 0 heterocycles. The van der Waals surface area contributed by atoms with Gasteiger partial charge in [0.2, 0.25) is 5.91 Å². The van der Waals surface area contributed by atoms with E-state index in [1.807, 2.05) is 12.1 Å². The maximum atomic E-state index is 11.5. The molecule has 0 saturated heterocycles. The minimum atomic E-state index is 0.0499. The first kappa shape index (κ1) is 11.8. The van der Waals surface area contributed by atoms with Gasteiger partial charge in [0.1, 0.15) is 5.75 Å². The molecule has 92 valence electrons. The third-order valence-electron chi connectivity index (χ3n) is 2.96. The van der Waals surface area contributed by atoms with Gasteiger partial charge in [-0.2, -0.15) is 0 Å². The van der Waals surface area contributed by atoms with Crippen LogP contribution in [0.5, 0.6) is 5.75 Å². The summed E-state index contributed by atoms with van der Waals surface area (Å²) in [6.07, 6.45) is 1.47. The fourth-order valence-electron chi connectivity index (χ4n) is 1.67.